The molecule has 0 amide bonds. The van der Waals surface area contributed by atoms with Gasteiger partial charge in [0.05, 0.1) is 13.2 Å². The minimum absolute atomic E-state index is 0.715. The zero-order chi connectivity index (χ0) is 21.7. The number of rotatable bonds is 13. The summed E-state index contributed by atoms with van der Waals surface area (Å²) in [4.78, 5) is 0. The van der Waals surface area contributed by atoms with Crippen molar-refractivity contribution in [2.75, 3.05) is 6.61 Å². The summed E-state index contributed by atoms with van der Waals surface area (Å²) < 4.78 is 5.65. The second-order valence-electron chi connectivity index (χ2n) is 10.3. The molecule has 2 aliphatic rings. The van der Waals surface area contributed by atoms with Crippen LogP contribution < -0.4 is 0 Å². The van der Waals surface area contributed by atoms with Crippen molar-refractivity contribution in [3.05, 3.63) is 60.7 Å². The number of benzene rings is 1. The van der Waals surface area contributed by atoms with Crippen LogP contribution in [0.15, 0.2) is 49.6 Å². The third kappa shape index (κ3) is 8.60. The summed E-state index contributed by atoms with van der Waals surface area (Å²) in [5.41, 5.74) is 2.75. The van der Waals surface area contributed by atoms with Crippen LogP contribution in [0.4, 0.5) is 0 Å². The van der Waals surface area contributed by atoms with Crippen LogP contribution in [-0.4, -0.2) is 6.61 Å². The molecule has 1 aromatic rings. The molecule has 0 heterocycles. The molecule has 0 saturated heterocycles. The maximum absolute atomic E-state index is 5.65. The van der Waals surface area contributed by atoms with Crippen molar-refractivity contribution in [2.24, 2.45) is 23.7 Å². The Hall–Kier alpha value is -1.34. The Kier molecular flexibility index (Phi) is 10.9. The third-order valence-corrected chi connectivity index (χ3v) is 8.04. The first-order chi connectivity index (χ1) is 15.3. The van der Waals surface area contributed by atoms with Crippen molar-refractivity contribution in [1.82, 2.24) is 0 Å². The van der Waals surface area contributed by atoms with E-state index in [2.05, 4.69) is 43.5 Å². The third-order valence-electron chi connectivity index (χ3n) is 8.04. The maximum Gasteiger partial charge on any atom is 0.0717 e. The number of hydrogen-bond donors (Lipinski definition) is 0. The highest BCUT2D eigenvalue weighted by Crippen LogP contribution is 2.42. The predicted octanol–water partition coefficient (Wildman–Crippen LogP) is 8.68. The molecule has 31 heavy (non-hydrogen) atoms. The van der Waals surface area contributed by atoms with Gasteiger partial charge in [-0.15, -0.1) is 13.2 Å². The summed E-state index contributed by atoms with van der Waals surface area (Å²) in [6.45, 7) is 9.14. The lowest BCUT2D eigenvalue weighted by Crippen LogP contribution is -2.25. The molecule has 0 aromatic heterocycles. The largest absolute Gasteiger partial charge is 0.376 e. The van der Waals surface area contributed by atoms with Gasteiger partial charge in [0.2, 0.25) is 0 Å². The van der Waals surface area contributed by atoms with Crippen LogP contribution >= 0.6 is 0 Å². The Balaban J connectivity index is 1.24. The average molecular weight is 423 g/mol. The van der Waals surface area contributed by atoms with Crippen LogP contribution in [0.5, 0.6) is 0 Å². The summed E-state index contributed by atoms with van der Waals surface area (Å²) in [6, 6.07) is 9.05. The average Bonchev–Trinajstić information content (AvgIpc) is 2.82. The van der Waals surface area contributed by atoms with E-state index in [1.165, 1.54) is 94.6 Å². The van der Waals surface area contributed by atoms with Gasteiger partial charge in [0.25, 0.3) is 0 Å². The van der Waals surface area contributed by atoms with Gasteiger partial charge in [-0.2, -0.15) is 0 Å². The van der Waals surface area contributed by atoms with Crippen LogP contribution in [0.2, 0.25) is 0 Å². The van der Waals surface area contributed by atoms with Crippen molar-refractivity contribution in [3.8, 4) is 0 Å². The predicted molar refractivity (Wildman–Crippen MR) is 134 cm³/mol. The van der Waals surface area contributed by atoms with E-state index < -0.39 is 0 Å². The van der Waals surface area contributed by atoms with Crippen LogP contribution in [0.3, 0.4) is 0 Å². The molecule has 2 fully saturated rings. The van der Waals surface area contributed by atoms with E-state index >= 15 is 0 Å². The fraction of sp³-hybridized carbons (Fsp3) is 0.667. The van der Waals surface area contributed by atoms with Crippen molar-refractivity contribution < 1.29 is 4.74 Å². The van der Waals surface area contributed by atoms with Gasteiger partial charge in [0.15, 0.2) is 0 Å². The molecule has 172 valence electrons. The van der Waals surface area contributed by atoms with Gasteiger partial charge in [-0.3, -0.25) is 0 Å². The summed E-state index contributed by atoms with van der Waals surface area (Å²) in [5.74, 6) is 4.03. The van der Waals surface area contributed by atoms with Gasteiger partial charge < -0.3 is 4.74 Å². The van der Waals surface area contributed by atoms with Crippen molar-refractivity contribution in [3.63, 3.8) is 0 Å². The standard InChI is InChI=1S/C30H46O/c1-3-5-23-31-24-28-13-11-26(12-14-28)9-6-7-10-27-17-21-30(22-18-27)29-19-15-25(8-4-2)16-20-29/h3-4,11-14,25,27,29-30H,1-2,5-10,15-24H2/t25-,27?,29-,30?. The lowest BCUT2D eigenvalue weighted by molar-refractivity contribution is 0.125. The van der Waals surface area contributed by atoms with Gasteiger partial charge in [0.1, 0.15) is 0 Å². The van der Waals surface area contributed by atoms with Crippen molar-refractivity contribution >= 4 is 0 Å². The van der Waals surface area contributed by atoms with E-state index in [1.807, 2.05) is 6.08 Å². The highest BCUT2D eigenvalue weighted by molar-refractivity contribution is 5.22. The normalized spacial score (nSPS) is 26.5. The molecule has 0 radical (unpaired) electrons. The smallest absolute Gasteiger partial charge is 0.0717 e. The molecule has 0 spiro atoms. The maximum atomic E-state index is 5.65. The molecular formula is C30H46O. The van der Waals surface area contributed by atoms with Crippen LogP contribution in [0, 0.1) is 23.7 Å². The summed E-state index contributed by atoms with van der Waals surface area (Å²) in [5, 5.41) is 0. The van der Waals surface area contributed by atoms with Crippen molar-refractivity contribution in [1.29, 1.82) is 0 Å². The highest BCUT2D eigenvalue weighted by atomic mass is 16.5. The molecule has 2 saturated carbocycles. The monoisotopic (exact) mass is 422 g/mol. The summed E-state index contributed by atoms with van der Waals surface area (Å²) in [7, 11) is 0. The Morgan fingerprint density at radius 3 is 1.97 bits per heavy atom. The van der Waals surface area contributed by atoms with Crippen molar-refractivity contribution in [2.45, 2.75) is 96.5 Å². The first kappa shape index (κ1) is 24.3. The van der Waals surface area contributed by atoms with Gasteiger partial charge in [-0.25, -0.2) is 0 Å². The van der Waals surface area contributed by atoms with Crippen LogP contribution in [-0.2, 0) is 17.8 Å². The Bertz CT molecular complexity index is 614. The highest BCUT2D eigenvalue weighted by Gasteiger charge is 2.30. The van der Waals surface area contributed by atoms with Gasteiger partial charge in [0, 0.05) is 0 Å². The van der Waals surface area contributed by atoms with E-state index in [9.17, 15) is 0 Å². The molecule has 0 unspecified atom stereocenters. The fourth-order valence-electron chi connectivity index (χ4n) is 6.00. The van der Waals surface area contributed by atoms with Gasteiger partial charge >= 0.3 is 0 Å². The molecule has 0 aliphatic heterocycles. The zero-order valence-electron chi connectivity index (χ0n) is 19.9. The summed E-state index contributed by atoms with van der Waals surface area (Å²) in [6.07, 6.45) is 23.5. The van der Waals surface area contributed by atoms with Crippen LogP contribution in [0.25, 0.3) is 0 Å². The molecule has 1 heteroatoms. The molecule has 0 bridgehead atoms. The number of ether oxygens (including phenoxy) is 1. The number of allylic oxidation sites excluding steroid dienone is 1. The SMILES string of the molecule is C=CCCOCc1ccc(CCCCC2CCC([C@H]3CC[C@H](CC=C)CC3)CC2)cc1. The van der Waals surface area contributed by atoms with Gasteiger partial charge in [-0.1, -0.05) is 62.1 Å². The Morgan fingerprint density at radius 2 is 1.35 bits per heavy atom. The molecule has 0 atom stereocenters. The second kappa shape index (κ2) is 13.9. The fourth-order valence-corrected chi connectivity index (χ4v) is 6.00. The quantitative estimate of drug-likeness (QED) is 0.228. The first-order valence-corrected chi connectivity index (χ1v) is 13.2. The molecule has 1 nitrogen and oxygen atoms in total. The molecular weight excluding hydrogens is 376 g/mol. The molecule has 1 aromatic carbocycles. The van der Waals surface area contributed by atoms with Crippen LogP contribution in [0.1, 0.15) is 94.6 Å². The lowest BCUT2D eigenvalue weighted by atomic mass is 9.68. The van der Waals surface area contributed by atoms with E-state index in [-0.39, 0.29) is 0 Å². The van der Waals surface area contributed by atoms with E-state index in [4.69, 9.17) is 4.74 Å². The number of unbranched alkanes of at least 4 members (excludes halogenated alkanes) is 1. The minimum Gasteiger partial charge on any atom is -0.376 e. The lowest BCUT2D eigenvalue weighted by Gasteiger charge is -2.37. The number of hydrogen-bond acceptors (Lipinski definition) is 1. The second-order valence-corrected chi connectivity index (χ2v) is 10.3. The summed E-state index contributed by atoms with van der Waals surface area (Å²) >= 11 is 0. The zero-order valence-corrected chi connectivity index (χ0v) is 19.9. The molecule has 0 N–H and O–H groups in total. The topological polar surface area (TPSA) is 9.23 Å². The Morgan fingerprint density at radius 1 is 0.742 bits per heavy atom. The molecule has 2 aliphatic carbocycles. The van der Waals surface area contributed by atoms with E-state index in [0.717, 1.165) is 36.7 Å². The van der Waals surface area contributed by atoms with Gasteiger partial charge in [-0.05, 0) is 99.0 Å². The minimum atomic E-state index is 0.715. The molecule has 3 rings (SSSR count). The van der Waals surface area contributed by atoms with E-state index in [0.29, 0.717) is 6.61 Å². The van der Waals surface area contributed by atoms with E-state index in [1.54, 1.807) is 0 Å². The number of aryl methyl sites for hydroxylation is 1. The Labute approximate surface area is 192 Å². The first-order valence-electron chi connectivity index (χ1n) is 13.2.